The number of fused-ring (bicyclic) bond motifs is 1. The number of nitrogens with zero attached hydrogens (tertiary/aromatic N) is 1. The molecule has 1 atom stereocenters. The third-order valence-electron chi connectivity index (χ3n) is 5.06. The van der Waals surface area contributed by atoms with Gasteiger partial charge in [-0.2, -0.15) is 0 Å². The van der Waals surface area contributed by atoms with Crippen molar-refractivity contribution < 1.29 is 14.7 Å². The standard InChI is InChI=1S/C23H17Br2NO3/c24-17-8-6-16(7-9-17)21(27)13-23(29)19-12-18(25)10-11-20(19)26(22(23)28)14-15-4-2-1-3-5-15/h1-12,29H,13-14H2/t23-/m1/s1. The maximum atomic E-state index is 13.3. The first-order valence-electron chi connectivity index (χ1n) is 9.05. The van der Waals surface area contributed by atoms with Crippen molar-refractivity contribution in [3.05, 3.63) is 98.4 Å². The van der Waals surface area contributed by atoms with Crippen LogP contribution in [0.5, 0.6) is 0 Å². The summed E-state index contributed by atoms with van der Waals surface area (Å²) in [6.07, 6.45) is -0.317. The lowest BCUT2D eigenvalue weighted by Crippen LogP contribution is -2.41. The Bertz CT molecular complexity index is 1080. The number of anilines is 1. The molecular weight excluding hydrogens is 498 g/mol. The lowest BCUT2D eigenvalue weighted by Gasteiger charge is -2.23. The van der Waals surface area contributed by atoms with E-state index in [0.29, 0.717) is 23.4 Å². The molecule has 1 amide bonds. The highest BCUT2D eigenvalue weighted by atomic mass is 79.9. The topological polar surface area (TPSA) is 57.6 Å². The Kier molecular flexibility index (Phi) is 5.42. The van der Waals surface area contributed by atoms with Crippen LogP contribution in [0.4, 0.5) is 5.69 Å². The van der Waals surface area contributed by atoms with Crippen LogP contribution in [0.1, 0.15) is 27.9 Å². The number of hydrogen-bond acceptors (Lipinski definition) is 3. The van der Waals surface area contributed by atoms with Crippen LogP contribution in [0.25, 0.3) is 0 Å². The van der Waals surface area contributed by atoms with E-state index in [2.05, 4.69) is 31.9 Å². The SMILES string of the molecule is O=C(C[C@]1(O)C(=O)N(Cc2ccccc2)c2ccc(Br)cc21)c1ccc(Br)cc1. The normalized spacial score (nSPS) is 18.0. The smallest absolute Gasteiger partial charge is 0.264 e. The summed E-state index contributed by atoms with van der Waals surface area (Å²) >= 11 is 6.76. The lowest BCUT2D eigenvalue weighted by molar-refractivity contribution is -0.136. The van der Waals surface area contributed by atoms with Crippen molar-refractivity contribution in [2.24, 2.45) is 0 Å². The Morgan fingerprint density at radius 2 is 1.59 bits per heavy atom. The maximum Gasteiger partial charge on any atom is 0.264 e. The van der Waals surface area contributed by atoms with Gasteiger partial charge in [-0.05, 0) is 35.9 Å². The minimum atomic E-state index is -1.90. The third kappa shape index (κ3) is 3.80. The molecule has 146 valence electrons. The molecule has 3 aromatic rings. The second-order valence-electron chi connectivity index (χ2n) is 7.01. The van der Waals surface area contributed by atoms with Crippen molar-refractivity contribution in [3.63, 3.8) is 0 Å². The van der Waals surface area contributed by atoms with Gasteiger partial charge in [0.2, 0.25) is 0 Å². The van der Waals surface area contributed by atoms with Gasteiger partial charge in [0.1, 0.15) is 0 Å². The molecule has 0 bridgehead atoms. The highest BCUT2D eigenvalue weighted by Gasteiger charge is 2.51. The molecule has 1 N–H and O–H groups in total. The summed E-state index contributed by atoms with van der Waals surface area (Å²) in [6.45, 7) is 0.323. The average molecular weight is 515 g/mol. The van der Waals surface area contributed by atoms with E-state index in [4.69, 9.17) is 0 Å². The zero-order valence-electron chi connectivity index (χ0n) is 15.3. The van der Waals surface area contributed by atoms with Gasteiger partial charge in [-0.25, -0.2) is 0 Å². The molecule has 4 rings (SSSR count). The van der Waals surface area contributed by atoms with E-state index in [1.807, 2.05) is 36.4 Å². The Labute approximate surface area is 185 Å². The van der Waals surface area contributed by atoms with Crippen molar-refractivity contribution in [1.82, 2.24) is 0 Å². The number of aliphatic hydroxyl groups is 1. The van der Waals surface area contributed by atoms with Gasteiger partial charge in [-0.15, -0.1) is 0 Å². The van der Waals surface area contributed by atoms with Gasteiger partial charge in [-0.3, -0.25) is 9.59 Å². The average Bonchev–Trinajstić information content (AvgIpc) is 2.91. The predicted octanol–water partition coefficient (Wildman–Crippen LogP) is 5.22. The van der Waals surface area contributed by atoms with Crippen LogP contribution in [0.2, 0.25) is 0 Å². The third-order valence-corrected chi connectivity index (χ3v) is 6.08. The summed E-state index contributed by atoms with van der Waals surface area (Å²) in [4.78, 5) is 27.7. The van der Waals surface area contributed by atoms with E-state index < -0.39 is 11.5 Å². The van der Waals surface area contributed by atoms with Gasteiger partial charge < -0.3 is 10.0 Å². The van der Waals surface area contributed by atoms with Gasteiger partial charge in [0.25, 0.3) is 5.91 Å². The van der Waals surface area contributed by atoms with Crippen LogP contribution in [-0.2, 0) is 16.9 Å². The number of rotatable bonds is 5. The molecule has 0 aromatic heterocycles. The Morgan fingerprint density at radius 1 is 0.931 bits per heavy atom. The van der Waals surface area contributed by atoms with Crippen LogP contribution in [0.3, 0.4) is 0 Å². The molecule has 0 radical (unpaired) electrons. The quantitative estimate of drug-likeness (QED) is 0.475. The van der Waals surface area contributed by atoms with Crippen molar-refractivity contribution >= 4 is 49.2 Å². The largest absolute Gasteiger partial charge is 0.375 e. The van der Waals surface area contributed by atoms with Crippen LogP contribution in [0.15, 0.2) is 81.7 Å². The molecule has 1 aliphatic heterocycles. The first-order chi connectivity index (χ1) is 13.9. The van der Waals surface area contributed by atoms with Crippen molar-refractivity contribution in [2.45, 2.75) is 18.6 Å². The highest BCUT2D eigenvalue weighted by Crippen LogP contribution is 2.44. The molecule has 0 unspecified atom stereocenters. The Morgan fingerprint density at radius 3 is 2.28 bits per heavy atom. The fraction of sp³-hybridized carbons (Fsp3) is 0.130. The first-order valence-corrected chi connectivity index (χ1v) is 10.6. The van der Waals surface area contributed by atoms with E-state index in [1.54, 1.807) is 41.3 Å². The van der Waals surface area contributed by atoms with Gasteiger partial charge in [0.15, 0.2) is 11.4 Å². The molecule has 0 saturated heterocycles. The molecule has 1 heterocycles. The monoisotopic (exact) mass is 513 g/mol. The number of carbonyl (C=O) groups is 2. The molecule has 3 aromatic carbocycles. The zero-order valence-corrected chi connectivity index (χ0v) is 18.5. The van der Waals surface area contributed by atoms with Crippen LogP contribution in [-0.4, -0.2) is 16.8 Å². The predicted molar refractivity (Wildman–Crippen MR) is 119 cm³/mol. The maximum absolute atomic E-state index is 13.3. The second kappa shape index (κ2) is 7.86. The van der Waals surface area contributed by atoms with Gasteiger partial charge >= 0.3 is 0 Å². The Hall–Kier alpha value is -2.28. The number of ketones is 1. The number of halogens is 2. The van der Waals surface area contributed by atoms with E-state index in [1.165, 1.54) is 0 Å². The van der Waals surface area contributed by atoms with E-state index in [9.17, 15) is 14.7 Å². The second-order valence-corrected chi connectivity index (χ2v) is 8.84. The summed E-state index contributed by atoms with van der Waals surface area (Å²) in [5, 5.41) is 11.4. The van der Waals surface area contributed by atoms with Gasteiger partial charge in [0, 0.05) is 20.1 Å². The van der Waals surface area contributed by atoms with Crippen LogP contribution in [0, 0.1) is 0 Å². The summed E-state index contributed by atoms with van der Waals surface area (Å²) in [7, 11) is 0. The van der Waals surface area contributed by atoms with Crippen LogP contribution >= 0.6 is 31.9 Å². The molecule has 1 aliphatic rings. The number of carbonyl (C=O) groups excluding carboxylic acids is 2. The molecule has 29 heavy (non-hydrogen) atoms. The van der Waals surface area contributed by atoms with Crippen LogP contribution < -0.4 is 4.90 Å². The number of Topliss-reactive ketones (excluding diaryl/α,β-unsaturated/α-hetero) is 1. The molecule has 0 fully saturated rings. The van der Waals surface area contributed by atoms with E-state index in [-0.39, 0.29) is 12.2 Å². The molecular formula is C23H17Br2NO3. The molecule has 6 heteroatoms. The minimum Gasteiger partial charge on any atom is -0.375 e. The van der Waals surface area contributed by atoms with E-state index in [0.717, 1.165) is 14.5 Å². The summed E-state index contributed by atoms with van der Waals surface area (Å²) in [5.41, 5.74) is 0.551. The van der Waals surface area contributed by atoms with Crippen molar-refractivity contribution in [1.29, 1.82) is 0 Å². The fourth-order valence-corrected chi connectivity index (χ4v) is 4.21. The molecule has 0 saturated carbocycles. The summed E-state index contributed by atoms with van der Waals surface area (Å²) in [5.74, 6) is -0.777. The molecule has 0 aliphatic carbocycles. The van der Waals surface area contributed by atoms with Gasteiger partial charge in [-0.1, -0.05) is 74.3 Å². The molecule has 0 spiro atoms. The van der Waals surface area contributed by atoms with Crippen molar-refractivity contribution in [2.75, 3.05) is 4.90 Å². The first kappa shape index (κ1) is 20.0. The highest BCUT2D eigenvalue weighted by molar-refractivity contribution is 9.10. The lowest BCUT2D eigenvalue weighted by atomic mass is 9.88. The Balaban J connectivity index is 1.71. The summed E-state index contributed by atoms with van der Waals surface area (Å²) in [6, 6.07) is 21.8. The minimum absolute atomic E-state index is 0.291. The van der Waals surface area contributed by atoms with Crippen molar-refractivity contribution in [3.8, 4) is 0 Å². The number of benzene rings is 3. The van der Waals surface area contributed by atoms with Gasteiger partial charge in [0.05, 0.1) is 18.7 Å². The number of hydrogen-bond donors (Lipinski definition) is 1. The van der Waals surface area contributed by atoms with E-state index >= 15 is 0 Å². The summed E-state index contributed by atoms with van der Waals surface area (Å²) < 4.78 is 1.59. The zero-order chi connectivity index (χ0) is 20.6. The molecule has 4 nitrogen and oxygen atoms in total. The fourth-order valence-electron chi connectivity index (χ4n) is 3.59. The number of amides is 1.